The average molecular weight is 325 g/mol. The third kappa shape index (κ3) is 3.53. The molecular formula is C15H14F3N3O2. The van der Waals surface area contributed by atoms with Gasteiger partial charge in [-0.1, -0.05) is 12.1 Å². The van der Waals surface area contributed by atoms with Gasteiger partial charge in [-0.2, -0.15) is 13.2 Å². The Morgan fingerprint density at radius 3 is 2.65 bits per heavy atom. The summed E-state index contributed by atoms with van der Waals surface area (Å²) in [5.74, 6) is -0.384. The quantitative estimate of drug-likeness (QED) is 0.908. The molecule has 0 aliphatic heterocycles. The maximum Gasteiger partial charge on any atom is 0.433 e. The molecular weight excluding hydrogens is 311 g/mol. The Labute approximate surface area is 130 Å². The fourth-order valence-corrected chi connectivity index (χ4v) is 1.97. The smallest absolute Gasteiger partial charge is 0.433 e. The summed E-state index contributed by atoms with van der Waals surface area (Å²) in [6, 6.07) is 5.71. The molecule has 3 N–H and O–H groups in total. The molecule has 2 rings (SSSR count). The van der Waals surface area contributed by atoms with Gasteiger partial charge in [0.05, 0.1) is 30.2 Å². The summed E-state index contributed by atoms with van der Waals surface area (Å²) >= 11 is 0. The standard InChI is InChI=1S/C15H14F3N3O2/c1-8-4-3-5-11(23-2)13(8)21-14(22)9-6-12(15(16,17)18)20-7-10(9)19/h3-7H,19H2,1-2H3,(H,21,22). The molecule has 1 amide bonds. The molecule has 0 spiro atoms. The van der Waals surface area contributed by atoms with Crippen LogP contribution in [-0.4, -0.2) is 18.0 Å². The number of aryl methyl sites for hydroxylation is 1. The van der Waals surface area contributed by atoms with Crippen molar-refractivity contribution in [2.45, 2.75) is 13.1 Å². The number of ether oxygens (including phenoxy) is 1. The van der Waals surface area contributed by atoms with Gasteiger partial charge in [0.2, 0.25) is 0 Å². The molecule has 1 heterocycles. The number of carbonyl (C=O) groups is 1. The third-order valence-electron chi connectivity index (χ3n) is 3.16. The summed E-state index contributed by atoms with van der Waals surface area (Å²) in [6.07, 6.45) is -3.85. The highest BCUT2D eigenvalue weighted by molar-refractivity contribution is 6.08. The van der Waals surface area contributed by atoms with Gasteiger partial charge in [-0.3, -0.25) is 4.79 Å². The summed E-state index contributed by atoms with van der Waals surface area (Å²) in [6.45, 7) is 1.73. The van der Waals surface area contributed by atoms with Gasteiger partial charge in [0, 0.05) is 0 Å². The van der Waals surface area contributed by atoms with Gasteiger partial charge >= 0.3 is 6.18 Å². The number of methoxy groups -OCH3 is 1. The Bertz CT molecular complexity index is 745. The zero-order valence-electron chi connectivity index (χ0n) is 12.4. The highest BCUT2D eigenvalue weighted by atomic mass is 19.4. The molecule has 1 aromatic carbocycles. The van der Waals surface area contributed by atoms with E-state index in [2.05, 4.69) is 10.3 Å². The SMILES string of the molecule is COc1cccc(C)c1NC(=O)c1cc(C(F)(F)F)ncc1N. The highest BCUT2D eigenvalue weighted by Gasteiger charge is 2.33. The average Bonchev–Trinajstić information content (AvgIpc) is 2.48. The molecule has 0 atom stereocenters. The van der Waals surface area contributed by atoms with Crippen LogP contribution in [-0.2, 0) is 6.18 Å². The Balaban J connectivity index is 2.39. The molecule has 23 heavy (non-hydrogen) atoms. The van der Waals surface area contributed by atoms with Gasteiger partial charge < -0.3 is 15.8 Å². The lowest BCUT2D eigenvalue weighted by molar-refractivity contribution is -0.141. The van der Waals surface area contributed by atoms with Crippen LogP contribution >= 0.6 is 0 Å². The minimum Gasteiger partial charge on any atom is -0.495 e. The number of halogens is 3. The molecule has 2 aromatic rings. The van der Waals surface area contributed by atoms with E-state index in [1.807, 2.05) is 0 Å². The monoisotopic (exact) mass is 325 g/mol. The maximum absolute atomic E-state index is 12.7. The molecule has 0 saturated heterocycles. The van der Waals surface area contributed by atoms with Crippen molar-refractivity contribution in [2.24, 2.45) is 0 Å². The second kappa shape index (κ2) is 6.15. The van der Waals surface area contributed by atoms with E-state index >= 15 is 0 Å². The molecule has 0 bridgehead atoms. The first-order chi connectivity index (χ1) is 10.7. The maximum atomic E-state index is 12.7. The van der Waals surface area contributed by atoms with E-state index in [-0.39, 0.29) is 11.3 Å². The molecule has 1 aromatic heterocycles. The minimum atomic E-state index is -4.66. The van der Waals surface area contributed by atoms with E-state index in [4.69, 9.17) is 10.5 Å². The normalized spacial score (nSPS) is 11.2. The van der Waals surface area contributed by atoms with Crippen molar-refractivity contribution in [2.75, 3.05) is 18.2 Å². The zero-order valence-corrected chi connectivity index (χ0v) is 12.4. The number of para-hydroxylation sites is 1. The number of nitrogens with one attached hydrogen (secondary N) is 1. The predicted molar refractivity (Wildman–Crippen MR) is 79.3 cm³/mol. The lowest BCUT2D eigenvalue weighted by Gasteiger charge is -2.14. The molecule has 0 saturated carbocycles. The van der Waals surface area contributed by atoms with Crippen molar-refractivity contribution in [3.63, 3.8) is 0 Å². The fourth-order valence-electron chi connectivity index (χ4n) is 1.97. The molecule has 122 valence electrons. The zero-order chi connectivity index (χ0) is 17.2. The van der Waals surface area contributed by atoms with Crippen molar-refractivity contribution in [1.82, 2.24) is 4.98 Å². The molecule has 0 aliphatic carbocycles. The summed E-state index contributed by atoms with van der Waals surface area (Å²) in [7, 11) is 1.42. The number of nitrogens with zero attached hydrogens (tertiary/aromatic N) is 1. The van der Waals surface area contributed by atoms with E-state index in [9.17, 15) is 18.0 Å². The summed E-state index contributed by atoms with van der Waals surface area (Å²) in [5.41, 5.74) is 4.99. The van der Waals surface area contributed by atoms with Crippen molar-refractivity contribution in [3.05, 3.63) is 47.3 Å². The van der Waals surface area contributed by atoms with E-state index in [0.29, 0.717) is 23.1 Å². The van der Waals surface area contributed by atoms with Crippen LogP contribution in [0.15, 0.2) is 30.5 Å². The van der Waals surface area contributed by atoms with Crippen molar-refractivity contribution in [3.8, 4) is 5.75 Å². The van der Waals surface area contributed by atoms with Crippen molar-refractivity contribution in [1.29, 1.82) is 0 Å². The largest absolute Gasteiger partial charge is 0.495 e. The number of amides is 1. The topological polar surface area (TPSA) is 77.2 Å². The van der Waals surface area contributed by atoms with Crippen LogP contribution in [0.25, 0.3) is 0 Å². The number of aromatic nitrogens is 1. The molecule has 0 fully saturated rings. The van der Waals surface area contributed by atoms with Crippen LogP contribution in [0.2, 0.25) is 0 Å². The summed E-state index contributed by atoms with van der Waals surface area (Å²) < 4.78 is 43.3. The molecule has 5 nitrogen and oxygen atoms in total. The highest BCUT2D eigenvalue weighted by Crippen LogP contribution is 2.31. The Hall–Kier alpha value is -2.77. The summed E-state index contributed by atoms with van der Waals surface area (Å²) in [4.78, 5) is 15.5. The van der Waals surface area contributed by atoms with E-state index < -0.39 is 17.8 Å². The van der Waals surface area contributed by atoms with Crippen molar-refractivity contribution >= 4 is 17.3 Å². The first-order valence-corrected chi connectivity index (χ1v) is 6.51. The fraction of sp³-hybridized carbons (Fsp3) is 0.200. The molecule has 0 unspecified atom stereocenters. The van der Waals surface area contributed by atoms with Crippen LogP contribution in [0.1, 0.15) is 21.6 Å². The van der Waals surface area contributed by atoms with Gasteiger partial charge in [0.25, 0.3) is 5.91 Å². The van der Waals surface area contributed by atoms with Crippen LogP contribution in [0.5, 0.6) is 5.75 Å². The number of hydrogen-bond acceptors (Lipinski definition) is 4. The number of hydrogen-bond donors (Lipinski definition) is 2. The second-order valence-corrected chi connectivity index (χ2v) is 4.76. The Kier molecular flexibility index (Phi) is 4.44. The lowest BCUT2D eigenvalue weighted by Crippen LogP contribution is -2.18. The second-order valence-electron chi connectivity index (χ2n) is 4.76. The Morgan fingerprint density at radius 2 is 2.04 bits per heavy atom. The number of alkyl halides is 3. The number of benzene rings is 1. The van der Waals surface area contributed by atoms with Crippen LogP contribution < -0.4 is 15.8 Å². The van der Waals surface area contributed by atoms with E-state index in [1.165, 1.54) is 7.11 Å². The van der Waals surface area contributed by atoms with Gasteiger partial charge in [-0.25, -0.2) is 4.98 Å². The Morgan fingerprint density at radius 1 is 1.35 bits per heavy atom. The minimum absolute atomic E-state index is 0.150. The number of carbonyl (C=O) groups excluding carboxylic acids is 1. The first-order valence-electron chi connectivity index (χ1n) is 6.51. The first kappa shape index (κ1) is 16.6. The van der Waals surface area contributed by atoms with Crippen LogP contribution in [0.3, 0.4) is 0 Å². The predicted octanol–water partition coefficient (Wildman–Crippen LogP) is 3.25. The number of rotatable bonds is 3. The molecule has 0 aliphatic rings. The number of anilines is 2. The summed E-state index contributed by atoms with van der Waals surface area (Å²) in [5, 5.41) is 2.53. The number of pyridine rings is 1. The lowest BCUT2D eigenvalue weighted by atomic mass is 10.1. The van der Waals surface area contributed by atoms with Gasteiger partial charge in [0.1, 0.15) is 11.4 Å². The van der Waals surface area contributed by atoms with Crippen LogP contribution in [0.4, 0.5) is 24.5 Å². The molecule has 8 heteroatoms. The van der Waals surface area contributed by atoms with Crippen molar-refractivity contribution < 1.29 is 22.7 Å². The number of nitrogens with two attached hydrogens (primary N) is 1. The third-order valence-corrected chi connectivity index (χ3v) is 3.16. The van der Waals surface area contributed by atoms with E-state index in [0.717, 1.165) is 6.20 Å². The van der Waals surface area contributed by atoms with E-state index in [1.54, 1.807) is 25.1 Å². The van der Waals surface area contributed by atoms with Gasteiger partial charge in [-0.05, 0) is 24.6 Å². The van der Waals surface area contributed by atoms with Gasteiger partial charge in [0.15, 0.2) is 0 Å². The van der Waals surface area contributed by atoms with Crippen LogP contribution in [0, 0.1) is 6.92 Å². The van der Waals surface area contributed by atoms with Gasteiger partial charge in [-0.15, -0.1) is 0 Å². The molecule has 0 radical (unpaired) electrons. The number of nitrogen functional groups attached to an aromatic ring is 1.